The Balaban J connectivity index is 2.03. The van der Waals surface area contributed by atoms with Crippen molar-refractivity contribution in [3.8, 4) is 11.5 Å². The zero-order valence-electron chi connectivity index (χ0n) is 24.6. The number of carbonyl (C=O) groups excluding carboxylic acids is 2. The molecule has 0 radical (unpaired) electrons. The summed E-state index contributed by atoms with van der Waals surface area (Å²) in [5, 5.41) is 2.85. The highest BCUT2D eigenvalue weighted by molar-refractivity contribution is 7.92. The third-order valence-electron chi connectivity index (χ3n) is 6.81. The van der Waals surface area contributed by atoms with Gasteiger partial charge >= 0.3 is 0 Å². The van der Waals surface area contributed by atoms with E-state index in [4.69, 9.17) is 9.47 Å². The summed E-state index contributed by atoms with van der Waals surface area (Å²) in [6.07, 6.45) is 1.67. The highest BCUT2D eigenvalue weighted by Crippen LogP contribution is 2.32. The number of ether oxygens (including phenoxy) is 2. The maximum absolute atomic E-state index is 14.0. The molecule has 0 saturated carbocycles. The monoisotopic (exact) mass is 599 g/mol. The molecule has 1 atom stereocenters. The first-order chi connectivity index (χ1) is 20.0. The Hall–Kier alpha value is -4.12. The Morgan fingerprint density at radius 2 is 1.60 bits per heavy atom. The van der Waals surface area contributed by atoms with Crippen molar-refractivity contribution in [1.82, 2.24) is 10.2 Å². The highest BCUT2D eigenvalue weighted by Gasteiger charge is 2.33. The van der Waals surface area contributed by atoms with Crippen LogP contribution in [0.4, 0.5) is 10.1 Å². The molecule has 0 aliphatic heterocycles. The fourth-order valence-electron chi connectivity index (χ4n) is 4.25. The lowest BCUT2D eigenvalue weighted by molar-refractivity contribution is -0.139. The number of benzene rings is 3. The van der Waals surface area contributed by atoms with Crippen molar-refractivity contribution >= 4 is 27.5 Å². The molecule has 0 spiro atoms. The number of aryl methyl sites for hydroxylation is 1. The molecule has 0 fully saturated rings. The predicted molar refractivity (Wildman–Crippen MR) is 160 cm³/mol. The number of rotatable bonds is 14. The van der Waals surface area contributed by atoms with Gasteiger partial charge in [0.25, 0.3) is 10.0 Å². The van der Waals surface area contributed by atoms with Crippen LogP contribution in [0.5, 0.6) is 11.5 Å². The number of anilines is 1. The van der Waals surface area contributed by atoms with Gasteiger partial charge in [-0.05, 0) is 62.2 Å². The standard InChI is InChI=1S/C31H38FN3O6S/c1-6-7-18-33-31(37)23(3)34(20-24-10-8-22(2)9-11-24)30(36)21-35(26-14-12-25(32)13-15-26)42(38,39)27-16-17-28(40-4)29(19-27)41-5/h8-17,19,23H,6-7,18,20-21H2,1-5H3,(H,33,37)/t23-/m1/s1. The Kier molecular flexibility index (Phi) is 11.3. The number of nitrogens with zero attached hydrogens (tertiary/aromatic N) is 2. The van der Waals surface area contributed by atoms with Gasteiger partial charge in [0.2, 0.25) is 11.8 Å². The first-order valence-electron chi connectivity index (χ1n) is 13.6. The molecule has 11 heteroatoms. The average Bonchev–Trinajstić information content (AvgIpc) is 2.99. The number of sulfonamides is 1. The summed E-state index contributed by atoms with van der Waals surface area (Å²) in [4.78, 5) is 28.2. The van der Waals surface area contributed by atoms with Gasteiger partial charge in [-0.2, -0.15) is 0 Å². The van der Waals surface area contributed by atoms with E-state index < -0.39 is 34.3 Å². The normalized spacial score (nSPS) is 11.9. The van der Waals surface area contributed by atoms with E-state index in [0.717, 1.165) is 40.4 Å². The van der Waals surface area contributed by atoms with E-state index in [1.165, 1.54) is 49.5 Å². The van der Waals surface area contributed by atoms with Crippen molar-refractivity contribution in [2.24, 2.45) is 0 Å². The first kappa shape index (κ1) is 32.4. The topological polar surface area (TPSA) is 105 Å². The number of carbonyl (C=O) groups is 2. The molecule has 0 aromatic heterocycles. The van der Waals surface area contributed by atoms with Crippen LogP contribution in [-0.4, -0.2) is 58.5 Å². The van der Waals surface area contributed by atoms with E-state index in [-0.39, 0.29) is 28.8 Å². The van der Waals surface area contributed by atoms with Crippen LogP contribution in [0.2, 0.25) is 0 Å². The van der Waals surface area contributed by atoms with Gasteiger partial charge in [0.1, 0.15) is 18.4 Å². The van der Waals surface area contributed by atoms with Gasteiger partial charge in [-0.15, -0.1) is 0 Å². The van der Waals surface area contributed by atoms with Crippen LogP contribution in [0.25, 0.3) is 0 Å². The first-order valence-corrected chi connectivity index (χ1v) is 15.1. The quantitative estimate of drug-likeness (QED) is 0.270. The Morgan fingerprint density at radius 3 is 2.19 bits per heavy atom. The van der Waals surface area contributed by atoms with E-state index in [0.29, 0.717) is 12.3 Å². The molecule has 0 unspecified atom stereocenters. The van der Waals surface area contributed by atoms with E-state index in [2.05, 4.69) is 5.32 Å². The molecule has 0 saturated heterocycles. The second kappa shape index (κ2) is 14.7. The SMILES string of the molecule is CCCCNC(=O)[C@@H](C)N(Cc1ccc(C)cc1)C(=O)CN(c1ccc(F)cc1)S(=O)(=O)c1ccc(OC)c(OC)c1. The van der Waals surface area contributed by atoms with Gasteiger partial charge in [0, 0.05) is 19.2 Å². The number of hydrogen-bond acceptors (Lipinski definition) is 6. The number of hydrogen-bond donors (Lipinski definition) is 1. The Labute approximate surface area is 247 Å². The molecule has 226 valence electrons. The molecule has 3 aromatic rings. The van der Waals surface area contributed by atoms with Gasteiger partial charge in [0.15, 0.2) is 11.5 Å². The zero-order valence-corrected chi connectivity index (χ0v) is 25.4. The lowest BCUT2D eigenvalue weighted by Gasteiger charge is -2.32. The molecule has 0 aliphatic rings. The molecule has 0 heterocycles. The zero-order chi connectivity index (χ0) is 30.9. The second-order valence-electron chi connectivity index (χ2n) is 9.83. The molecule has 3 rings (SSSR count). The van der Waals surface area contributed by atoms with Crippen molar-refractivity contribution in [3.05, 3.63) is 83.7 Å². The van der Waals surface area contributed by atoms with Crippen LogP contribution >= 0.6 is 0 Å². The van der Waals surface area contributed by atoms with Crippen molar-refractivity contribution in [1.29, 1.82) is 0 Å². The number of amides is 2. The molecule has 9 nitrogen and oxygen atoms in total. The van der Waals surface area contributed by atoms with Gasteiger partial charge in [-0.1, -0.05) is 43.2 Å². The molecule has 1 N–H and O–H groups in total. The largest absolute Gasteiger partial charge is 0.493 e. The smallest absolute Gasteiger partial charge is 0.264 e. The van der Waals surface area contributed by atoms with Crippen LogP contribution in [0.15, 0.2) is 71.6 Å². The van der Waals surface area contributed by atoms with E-state index in [9.17, 15) is 22.4 Å². The Morgan fingerprint density at radius 1 is 0.952 bits per heavy atom. The summed E-state index contributed by atoms with van der Waals surface area (Å²) in [5.74, 6) is -1.01. The van der Waals surface area contributed by atoms with Crippen molar-refractivity contribution in [2.75, 3.05) is 31.6 Å². The van der Waals surface area contributed by atoms with E-state index in [1.807, 2.05) is 38.1 Å². The molecule has 0 aliphatic carbocycles. The van der Waals surface area contributed by atoms with Crippen LogP contribution < -0.4 is 19.1 Å². The average molecular weight is 600 g/mol. The van der Waals surface area contributed by atoms with Crippen LogP contribution in [0.3, 0.4) is 0 Å². The van der Waals surface area contributed by atoms with Crippen LogP contribution in [0, 0.1) is 12.7 Å². The second-order valence-corrected chi connectivity index (χ2v) is 11.7. The van der Waals surface area contributed by atoms with Gasteiger partial charge in [0.05, 0.1) is 24.8 Å². The van der Waals surface area contributed by atoms with Gasteiger partial charge < -0.3 is 19.7 Å². The maximum atomic E-state index is 14.0. The fraction of sp³-hybridized carbons (Fsp3) is 0.355. The summed E-state index contributed by atoms with van der Waals surface area (Å²) >= 11 is 0. The molecule has 0 bridgehead atoms. The van der Waals surface area contributed by atoms with Gasteiger partial charge in [-0.25, -0.2) is 12.8 Å². The minimum Gasteiger partial charge on any atom is -0.493 e. The summed E-state index contributed by atoms with van der Waals surface area (Å²) < 4.78 is 53.2. The van der Waals surface area contributed by atoms with Crippen molar-refractivity contribution in [3.63, 3.8) is 0 Å². The number of methoxy groups -OCH3 is 2. The number of unbranched alkanes of at least 4 members (excludes halogenated alkanes) is 1. The fourth-order valence-corrected chi connectivity index (χ4v) is 5.68. The Bertz CT molecular complexity index is 1460. The van der Waals surface area contributed by atoms with Gasteiger partial charge in [-0.3, -0.25) is 13.9 Å². The summed E-state index contributed by atoms with van der Waals surface area (Å²) in [6, 6.07) is 15.5. The van der Waals surface area contributed by atoms with Crippen LogP contribution in [-0.2, 0) is 26.2 Å². The molecule has 2 amide bonds. The minimum absolute atomic E-state index is 0.0785. The minimum atomic E-state index is -4.37. The predicted octanol–water partition coefficient (Wildman–Crippen LogP) is 4.68. The third-order valence-corrected chi connectivity index (χ3v) is 8.58. The maximum Gasteiger partial charge on any atom is 0.264 e. The summed E-state index contributed by atoms with van der Waals surface area (Å²) in [6.45, 7) is 5.46. The number of nitrogens with one attached hydrogen (secondary N) is 1. The van der Waals surface area contributed by atoms with Crippen LogP contribution in [0.1, 0.15) is 37.8 Å². The molecule has 3 aromatic carbocycles. The summed E-state index contributed by atoms with van der Waals surface area (Å²) in [5.41, 5.74) is 1.89. The molecular formula is C31H38FN3O6S. The van der Waals surface area contributed by atoms with E-state index >= 15 is 0 Å². The lowest BCUT2D eigenvalue weighted by atomic mass is 10.1. The molecule has 42 heavy (non-hydrogen) atoms. The van der Waals surface area contributed by atoms with E-state index in [1.54, 1.807) is 6.92 Å². The number of halogens is 1. The summed E-state index contributed by atoms with van der Waals surface area (Å²) in [7, 11) is -1.56. The lowest BCUT2D eigenvalue weighted by Crippen LogP contribution is -2.51. The highest BCUT2D eigenvalue weighted by atomic mass is 32.2. The molecular weight excluding hydrogens is 561 g/mol. The van der Waals surface area contributed by atoms with Crippen molar-refractivity contribution in [2.45, 2.75) is 51.1 Å². The van der Waals surface area contributed by atoms with Crippen molar-refractivity contribution < 1.29 is 31.9 Å². The third kappa shape index (κ3) is 8.00.